The van der Waals surface area contributed by atoms with Crippen LogP contribution < -0.4 is 9.47 Å². The molecule has 3 heteroatoms. The van der Waals surface area contributed by atoms with Crippen LogP contribution in [0.1, 0.15) is 32.6 Å². The molecular formula is C18H21BrO2. The average Bonchev–Trinajstić information content (AvgIpc) is 2.45. The maximum absolute atomic E-state index is 5.42. The number of hydrogen-bond donors (Lipinski definition) is 0. The van der Waals surface area contributed by atoms with Crippen molar-refractivity contribution in [2.45, 2.75) is 25.6 Å². The number of hydrogen-bond acceptors (Lipinski definition) is 2. The molecule has 0 aromatic heterocycles. The van der Waals surface area contributed by atoms with Gasteiger partial charge >= 0.3 is 0 Å². The van der Waals surface area contributed by atoms with Crippen LogP contribution in [0.15, 0.2) is 30.3 Å². The number of alkyl halides is 1. The molecule has 2 aromatic carbocycles. The Labute approximate surface area is 135 Å². The molecule has 0 aliphatic rings. The van der Waals surface area contributed by atoms with E-state index >= 15 is 0 Å². The van der Waals surface area contributed by atoms with Crippen LogP contribution in [-0.4, -0.2) is 14.2 Å². The van der Waals surface area contributed by atoms with Crippen LogP contribution >= 0.6 is 15.9 Å². The van der Waals surface area contributed by atoms with Gasteiger partial charge in [-0.3, -0.25) is 0 Å². The number of benzene rings is 2. The molecule has 0 radical (unpaired) electrons. The smallest absolute Gasteiger partial charge is 0.161 e. The number of rotatable bonds is 4. The lowest BCUT2D eigenvalue weighted by molar-refractivity contribution is 0.354. The summed E-state index contributed by atoms with van der Waals surface area (Å²) in [6.07, 6.45) is 0. The van der Waals surface area contributed by atoms with Crippen molar-refractivity contribution in [3.05, 3.63) is 58.1 Å². The molecule has 2 rings (SSSR count). The van der Waals surface area contributed by atoms with Crippen molar-refractivity contribution in [1.82, 2.24) is 0 Å². The van der Waals surface area contributed by atoms with E-state index in [9.17, 15) is 0 Å². The van der Waals surface area contributed by atoms with Crippen LogP contribution in [0.3, 0.4) is 0 Å². The van der Waals surface area contributed by atoms with Gasteiger partial charge < -0.3 is 9.47 Å². The van der Waals surface area contributed by atoms with Crippen LogP contribution in [0.4, 0.5) is 0 Å². The molecule has 0 fully saturated rings. The Kier molecular flexibility index (Phi) is 4.94. The van der Waals surface area contributed by atoms with Gasteiger partial charge in [0.2, 0.25) is 0 Å². The zero-order chi connectivity index (χ0) is 15.6. The van der Waals surface area contributed by atoms with Gasteiger partial charge in [-0.2, -0.15) is 0 Å². The van der Waals surface area contributed by atoms with Crippen molar-refractivity contribution in [2.75, 3.05) is 14.2 Å². The summed E-state index contributed by atoms with van der Waals surface area (Å²) in [7, 11) is 3.32. The second-order valence-corrected chi connectivity index (χ2v) is 6.26. The second-order valence-electron chi connectivity index (χ2n) is 5.35. The van der Waals surface area contributed by atoms with Crippen molar-refractivity contribution in [3.8, 4) is 11.5 Å². The first kappa shape index (κ1) is 15.9. The second kappa shape index (κ2) is 6.52. The highest BCUT2D eigenvalue weighted by molar-refractivity contribution is 9.09. The molecule has 0 aliphatic carbocycles. The van der Waals surface area contributed by atoms with E-state index in [0.717, 1.165) is 11.5 Å². The van der Waals surface area contributed by atoms with Crippen LogP contribution in [0.5, 0.6) is 11.5 Å². The summed E-state index contributed by atoms with van der Waals surface area (Å²) >= 11 is 3.83. The fraction of sp³-hybridized carbons (Fsp3) is 0.333. The highest BCUT2D eigenvalue weighted by Gasteiger charge is 2.17. The topological polar surface area (TPSA) is 18.5 Å². The maximum atomic E-state index is 5.42. The van der Waals surface area contributed by atoms with E-state index in [4.69, 9.17) is 9.47 Å². The minimum absolute atomic E-state index is 0.135. The molecule has 0 spiro atoms. The van der Waals surface area contributed by atoms with E-state index in [1.807, 2.05) is 12.1 Å². The minimum atomic E-state index is 0.135. The molecule has 0 saturated carbocycles. The molecule has 112 valence electrons. The van der Waals surface area contributed by atoms with Crippen LogP contribution in [0, 0.1) is 20.8 Å². The Hall–Kier alpha value is -1.48. The summed E-state index contributed by atoms with van der Waals surface area (Å²) in [4.78, 5) is 0.135. The molecule has 0 aliphatic heterocycles. The summed E-state index contributed by atoms with van der Waals surface area (Å²) in [5.41, 5.74) is 6.16. The first-order valence-corrected chi connectivity index (χ1v) is 7.82. The van der Waals surface area contributed by atoms with Crippen LogP contribution in [0.25, 0.3) is 0 Å². The van der Waals surface area contributed by atoms with Gasteiger partial charge in [-0.15, -0.1) is 0 Å². The normalized spacial score (nSPS) is 12.1. The summed E-state index contributed by atoms with van der Waals surface area (Å²) in [5.74, 6) is 1.52. The number of methoxy groups -OCH3 is 2. The highest BCUT2D eigenvalue weighted by Crippen LogP contribution is 2.39. The van der Waals surface area contributed by atoms with Gasteiger partial charge in [0.15, 0.2) is 11.5 Å². The third-order valence-electron chi connectivity index (χ3n) is 3.58. The van der Waals surface area contributed by atoms with Gasteiger partial charge in [0.1, 0.15) is 0 Å². The SMILES string of the molecule is COc1cc(C)c(C(Br)c2cc(C)cc(C)c2)cc1OC. The number of halogens is 1. The van der Waals surface area contributed by atoms with Gasteiger partial charge in [-0.05, 0) is 49.6 Å². The minimum Gasteiger partial charge on any atom is -0.493 e. The van der Waals surface area contributed by atoms with Crippen molar-refractivity contribution < 1.29 is 9.47 Å². The maximum Gasteiger partial charge on any atom is 0.161 e. The monoisotopic (exact) mass is 348 g/mol. The van der Waals surface area contributed by atoms with Gasteiger partial charge in [0.25, 0.3) is 0 Å². The predicted molar refractivity (Wildman–Crippen MR) is 91.0 cm³/mol. The van der Waals surface area contributed by atoms with E-state index in [-0.39, 0.29) is 4.83 Å². The zero-order valence-corrected chi connectivity index (χ0v) is 14.7. The van der Waals surface area contributed by atoms with Crippen LogP contribution in [0.2, 0.25) is 0 Å². The Balaban J connectivity index is 2.49. The molecule has 2 nitrogen and oxygen atoms in total. The molecular weight excluding hydrogens is 328 g/mol. The van der Waals surface area contributed by atoms with Crippen molar-refractivity contribution in [2.24, 2.45) is 0 Å². The molecule has 2 aromatic rings. The van der Waals surface area contributed by atoms with Gasteiger partial charge in [0, 0.05) is 0 Å². The van der Waals surface area contributed by atoms with Gasteiger partial charge in [-0.25, -0.2) is 0 Å². The molecule has 0 amide bonds. The fourth-order valence-electron chi connectivity index (χ4n) is 2.61. The molecule has 0 bridgehead atoms. The van der Waals surface area contributed by atoms with Gasteiger partial charge in [-0.1, -0.05) is 45.3 Å². The number of aryl methyl sites for hydroxylation is 3. The van der Waals surface area contributed by atoms with E-state index in [2.05, 4.69) is 54.9 Å². The third-order valence-corrected chi connectivity index (χ3v) is 4.60. The lowest BCUT2D eigenvalue weighted by Gasteiger charge is -2.18. The Bertz CT molecular complexity index is 630. The summed E-state index contributed by atoms with van der Waals surface area (Å²) in [6, 6.07) is 10.7. The quantitative estimate of drug-likeness (QED) is 0.714. The van der Waals surface area contributed by atoms with Gasteiger partial charge in [0.05, 0.1) is 19.0 Å². The summed E-state index contributed by atoms with van der Waals surface area (Å²) < 4.78 is 10.8. The standard InChI is InChI=1S/C18H21BrO2/c1-11-6-12(2)8-14(7-11)18(19)15-10-17(21-5)16(20-4)9-13(15)3/h6-10,18H,1-5H3. The predicted octanol–water partition coefficient (Wildman–Crippen LogP) is 5.11. The molecule has 0 heterocycles. The van der Waals surface area contributed by atoms with E-state index in [1.165, 1.54) is 27.8 Å². The summed E-state index contributed by atoms with van der Waals surface area (Å²) in [6.45, 7) is 6.34. The number of ether oxygens (including phenoxy) is 2. The molecule has 21 heavy (non-hydrogen) atoms. The third kappa shape index (κ3) is 3.41. The van der Waals surface area contributed by atoms with Crippen molar-refractivity contribution >= 4 is 15.9 Å². The largest absolute Gasteiger partial charge is 0.493 e. The molecule has 0 saturated heterocycles. The van der Waals surface area contributed by atoms with E-state index in [1.54, 1.807) is 14.2 Å². The van der Waals surface area contributed by atoms with Crippen LogP contribution in [-0.2, 0) is 0 Å². The molecule has 1 unspecified atom stereocenters. The Morgan fingerprint density at radius 2 is 1.33 bits per heavy atom. The lowest BCUT2D eigenvalue weighted by atomic mass is 9.97. The zero-order valence-electron chi connectivity index (χ0n) is 13.2. The first-order valence-electron chi connectivity index (χ1n) is 6.91. The fourth-order valence-corrected chi connectivity index (χ4v) is 3.36. The molecule has 0 N–H and O–H groups in total. The average molecular weight is 349 g/mol. The lowest BCUT2D eigenvalue weighted by Crippen LogP contribution is -2.00. The van der Waals surface area contributed by atoms with Crippen molar-refractivity contribution in [3.63, 3.8) is 0 Å². The Morgan fingerprint density at radius 3 is 1.86 bits per heavy atom. The van der Waals surface area contributed by atoms with E-state index in [0.29, 0.717) is 0 Å². The first-order chi connectivity index (χ1) is 9.96. The molecule has 1 atom stereocenters. The Morgan fingerprint density at radius 1 is 0.810 bits per heavy atom. The van der Waals surface area contributed by atoms with Crippen molar-refractivity contribution in [1.29, 1.82) is 0 Å². The van der Waals surface area contributed by atoms with E-state index < -0.39 is 0 Å². The highest BCUT2D eigenvalue weighted by atomic mass is 79.9. The summed E-state index contributed by atoms with van der Waals surface area (Å²) in [5, 5.41) is 0.